The van der Waals surface area contributed by atoms with Gasteiger partial charge in [0.05, 0.1) is 23.2 Å². The Bertz CT molecular complexity index is 1560. The molecular formula is C26H22N6OS. The lowest BCUT2D eigenvalue weighted by molar-refractivity contribution is 0.0675. The number of aryl methyl sites for hydroxylation is 1. The van der Waals surface area contributed by atoms with Gasteiger partial charge in [-0.2, -0.15) is 10.4 Å². The van der Waals surface area contributed by atoms with Crippen LogP contribution in [0.15, 0.2) is 77.0 Å². The Morgan fingerprint density at radius 3 is 2.74 bits per heavy atom. The van der Waals surface area contributed by atoms with E-state index in [9.17, 15) is 5.26 Å². The van der Waals surface area contributed by atoms with Gasteiger partial charge < -0.3 is 4.74 Å². The number of nitriles is 1. The normalized spacial score (nSPS) is 15.5. The van der Waals surface area contributed by atoms with E-state index in [0.717, 1.165) is 55.9 Å². The van der Waals surface area contributed by atoms with Crippen LogP contribution in [0.2, 0.25) is 0 Å². The predicted octanol–water partition coefficient (Wildman–Crippen LogP) is 5.01. The number of pyridine rings is 1. The molecule has 4 heterocycles. The van der Waals surface area contributed by atoms with Crippen LogP contribution in [0.3, 0.4) is 0 Å². The molecule has 0 saturated carbocycles. The van der Waals surface area contributed by atoms with Crippen LogP contribution >= 0.6 is 11.8 Å². The zero-order valence-corrected chi connectivity index (χ0v) is 19.5. The third kappa shape index (κ3) is 3.54. The fraction of sp³-hybridized carbons (Fsp3) is 0.231. The number of hydrogen-bond donors (Lipinski definition) is 0. The van der Waals surface area contributed by atoms with Gasteiger partial charge in [-0.15, -0.1) is 10.2 Å². The molecule has 0 N–H and O–H groups in total. The zero-order valence-electron chi connectivity index (χ0n) is 18.7. The number of ether oxygens (including phenoxy) is 1. The third-order valence-corrected chi connectivity index (χ3v) is 7.54. The molecule has 3 aromatic heterocycles. The lowest BCUT2D eigenvalue weighted by atomic mass is 9.75. The Morgan fingerprint density at radius 2 is 1.94 bits per heavy atom. The first-order valence-corrected chi connectivity index (χ1v) is 12.0. The van der Waals surface area contributed by atoms with Gasteiger partial charge >= 0.3 is 0 Å². The van der Waals surface area contributed by atoms with Gasteiger partial charge in [0.25, 0.3) is 0 Å². The number of benzene rings is 2. The minimum absolute atomic E-state index is 0.467. The summed E-state index contributed by atoms with van der Waals surface area (Å²) in [5.74, 6) is 0. The molecular weight excluding hydrogens is 444 g/mol. The summed E-state index contributed by atoms with van der Waals surface area (Å²) < 4.78 is 9.33. The highest BCUT2D eigenvalue weighted by Crippen LogP contribution is 2.38. The van der Waals surface area contributed by atoms with E-state index < -0.39 is 5.41 Å². The summed E-state index contributed by atoms with van der Waals surface area (Å²) in [7, 11) is 1.92. The number of nitrogens with zero attached hydrogens (tertiary/aromatic N) is 6. The Kier molecular flexibility index (Phi) is 5.09. The molecule has 5 aromatic rings. The van der Waals surface area contributed by atoms with Crippen molar-refractivity contribution < 1.29 is 4.74 Å². The van der Waals surface area contributed by atoms with Crippen molar-refractivity contribution in [2.45, 2.75) is 28.0 Å². The van der Waals surface area contributed by atoms with E-state index in [0.29, 0.717) is 13.2 Å². The SMILES string of the molecule is Cn1cc(-c2cc3nncn3c3cc(Sc4cccc(C5(C#N)CCOCC5)c4)ccc23)cn1. The largest absolute Gasteiger partial charge is 0.381 e. The van der Waals surface area contributed by atoms with Crippen molar-refractivity contribution in [2.24, 2.45) is 7.05 Å². The topological polar surface area (TPSA) is 81.0 Å². The number of hydrogen-bond acceptors (Lipinski definition) is 6. The van der Waals surface area contributed by atoms with Crippen molar-refractivity contribution in [1.29, 1.82) is 5.26 Å². The summed E-state index contributed by atoms with van der Waals surface area (Å²) in [5, 5.41) is 23.8. The molecule has 2 aromatic carbocycles. The van der Waals surface area contributed by atoms with Crippen LogP contribution < -0.4 is 0 Å². The molecule has 8 heteroatoms. The van der Waals surface area contributed by atoms with E-state index in [4.69, 9.17) is 4.74 Å². The van der Waals surface area contributed by atoms with Crippen LogP contribution in [-0.4, -0.2) is 37.6 Å². The van der Waals surface area contributed by atoms with Crippen LogP contribution in [-0.2, 0) is 17.2 Å². The molecule has 0 spiro atoms. The molecule has 168 valence electrons. The summed E-state index contributed by atoms with van der Waals surface area (Å²) in [4.78, 5) is 2.22. The minimum atomic E-state index is -0.467. The van der Waals surface area contributed by atoms with E-state index in [-0.39, 0.29) is 0 Å². The van der Waals surface area contributed by atoms with E-state index in [2.05, 4.69) is 63.8 Å². The van der Waals surface area contributed by atoms with Gasteiger partial charge in [0.15, 0.2) is 5.65 Å². The average molecular weight is 467 g/mol. The molecule has 34 heavy (non-hydrogen) atoms. The van der Waals surface area contributed by atoms with E-state index >= 15 is 0 Å². The van der Waals surface area contributed by atoms with Gasteiger partial charge in [-0.1, -0.05) is 30.0 Å². The maximum Gasteiger partial charge on any atom is 0.161 e. The molecule has 0 amide bonds. The van der Waals surface area contributed by atoms with Crippen LogP contribution in [0.5, 0.6) is 0 Å². The summed E-state index contributed by atoms with van der Waals surface area (Å²) in [6.45, 7) is 1.26. The standard InChI is InChI=1S/C26H22N6OS/c1-31-15-18(14-29-31)23-13-25-30-28-17-32(25)24-12-21(5-6-22(23)24)34-20-4-2-3-19(11-20)26(16-27)7-9-33-10-8-26/h2-6,11-15,17H,7-10H2,1H3. The first-order valence-electron chi connectivity index (χ1n) is 11.2. The molecule has 0 radical (unpaired) electrons. The Labute approximate surface area is 201 Å². The highest BCUT2D eigenvalue weighted by molar-refractivity contribution is 7.99. The molecule has 1 aliphatic heterocycles. The summed E-state index contributed by atoms with van der Waals surface area (Å²) in [6, 6.07) is 19.5. The third-order valence-electron chi connectivity index (χ3n) is 6.57. The maximum atomic E-state index is 9.96. The molecule has 7 nitrogen and oxygen atoms in total. The molecule has 6 rings (SSSR count). The van der Waals surface area contributed by atoms with Crippen LogP contribution in [0.4, 0.5) is 0 Å². The van der Waals surface area contributed by atoms with Crippen LogP contribution in [0.25, 0.3) is 27.7 Å². The summed E-state index contributed by atoms with van der Waals surface area (Å²) >= 11 is 1.70. The van der Waals surface area contributed by atoms with Gasteiger partial charge in [-0.3, -0.25) is 9.08 Å². The Balaban J connectivity index is 1.41. The second-order valence-electron chi connectivity index (χ2n) is 8.63. The van der Waals surface area contributed by atoms with Gasteiger partial charge in [-0.05, 0) is 54.3 Å². The van der Waals surface area contributed by atoms with Crippen molar-refractivity contribution in [3.63, 3.8) is 0 Å². The minimum Gasteiger partial charge on any atom is -0.381 e. The predicted molar refractivity (Wildman–Crippen MR) is 131 cm³/mol. The number of aromatic nitrogens is 5. The van der Waals surface area contributed by atoms with Crippen molar-refractivity contribution in [3.8, 4) is 17.2 Å². The fourth-order valence-electron chi connectivity index (χ4n) is 4.71. The van der Waals surface area contributed by atoms with E-state index in [1.165, 1.54) is 0 Å². The first kappa shape index (κ1) is 20.9. The molecule has 1 saturated heterocycles. The van der Waals surface area contributed by atoms with Gasteiger partial charge in [0.1, 0.15) is 6.33 Å². The highest BCUT2D eigenvalue weighted by Gasteiger charge is 2.34. The molecule has 0 bridgehead atoms. The first-order chi connectivity index (χ1) is 16.6. The molecule has 0 atom stereocenters. The Hall–Kier alpha value is -3.67. The monoisotopic (exact) mass is 466 g/mol. The maximum absolute atomic E-state index is 9.96. The van der Waals surface area contributed by atoms with E-state index in [1.807, 2.05) is 29.9 Å². The quantitative estimate of drug-likeness (QED) is 0.371. The van der Waals surface area contributed by atoms with Crippen molar-refractivity contribution >= 4 is 28.3 Å². The van der Waals surface area contributed by atoms with Crippen LogP contribution in [0, 0.1) is 11.3 Å². The lowest BCUT2D eigenvalue weighted by Gasteiger charge is -2.31. The second kappa shape index (κ2) is 8.28. The van der Waals surface area contributed by atoms with Gasteiger partial charge in [-0.25, -0.2) is 0 Å². The van der Waals surface area contributed by atoms with Crippen molar-refractivity contribution in [3.05, 3.63) is 72.8 Å². The zero-order chi connectivity index (χ0) is 23.1. The molecule has 0 aliphatic carbocycles. The number of rotatable bonds is 4. The fourth-order valence-corrected chi connectivity index (χ4v) is 5.63. The Morgan fingerprint density at radius 1 is 1.09 bits per heavy atom. The summed E-state index contributed by atoms with van der Waals surface area (Å²) in [5.41, 5.74) is 4.57. The van der Waals surface area contributed by atoms with Crippen LogP contribution in [0.1, 0.15) is 18.4 Å². The van der Waals surface area contributed by atoms with E-state index in [1.54, 1.807) is 22.8 Å². The lowest BCUT2D eigenvalue weighted by Crippen LogP contribution is -2.32. The molecule has 1 aliphatic rings. The molecule has 0 unspecified atom stereocenters. The average Bonchev–Trinajstić information content (AvgIpc) is 3.53. The van der Waals surface area contributed by atoms with Crippen molar-refractivity contribution in [1.82, 2.24) is 24.4 Å². The number of fused-ring (bicyclic) bond motifs is 3. The molecule has 1 fully saturated rings. The second-order valence-corrected chi connectivity index (χ2v) is 9.78. The smallest absolute Gasteiger partial charge is 0.161 e. The highest BCUT2D eigenvalue weighted by atomic mass is 32.2. The summed E-state index contributed by atoms with van der Waals surface area (Å²) in [6.07, 6.45) is 7.10. The van der Waals surface area contributed by atoms with Crippen molar-refractivity contribution in [2.75, 3.05) is 13.2 Å². The van der Waals surface area contributed by atoms with Gasteiger partial charge in [0, 0.05) is 47.2 Å². The van der Waals surface area contributed by atoms with Gasteiger partial charge in [0.2, 0.25) is 0 Å².